The van der Waals surface area contributed by atoms with E-state index >= 15 is 0 Å². The van der Waals surface area contributed by atoms with Crippen molar-refractivity contribution in [3.05, 3.63) is 48.0 Å². The fraction of sp³-hybridized carbons (Fsp3) is 0.389. The van der Waals surface area contributed by atoms with Gasteiger partial charge in [-0.1, -0.05) is 13.8 Å². The van der Waals surface area contributed by atoms with E-state index in [4.69, 9.17) is 5.11 Å². The Bertz CT molecular complexity index is 798. The first kappa shape index (κ1) is 17.1. The van der Waals surface area contributed by atoms with E-state index in [2.05, 4.69) is 10.4 Å². The lowest BCUT2D eigenvalue weighted by Gasteiger charge is -2.05. The molecular formula is C18H20FN3O3. The molecule has 2 N–H and O–H groups in total. The third kappa shape index (κ3) is 3.40. The molecule has 1 aromatic heterocycles. The zero-order valence-corrected chi connectivity index (χ0v) is 14.1. The minimum atomic E-state index is -0.928. The van der Waals surface area contributed by atoms with Crippen LogP contribution in [0.15, 0.2) is 36.5 Å². The zero-order chi connectivity index (χ0) is 18.2. The molecule has 2 aromatic rings. The van der Waals surface area contributed by atoms with Gasteiger partial charge in [-0.3, -0.25) is 9.59 Å². The highest BCUT2D eigenvalue weighted by molar-refractivity contribution is 5.91. The van der Waals surface area contributed by atoms with Gasteiger partial charge in [0.05, 0.1) is 23.2 Å². The molecule has 0 spiro atoms. The van der Waals surface area contributed by atoms with E-state index in [1.54, 1.807) is 36.9 Å². The molecule has 1 saturated carbocycles. The van der Waals surface area contributed by atoms with Crippen molar-refractivity contribution >= 4 is 11.9 Å². The van der Waals surface area contributed by atoms with E-state index in [1.807, 2.05) is 6.07 Å². The van der Waals surface area contributed by atoms with Crippen molar-refractivity contribution in [3.8, 4) is 5.69 Å². The largest absolute Gasteiger partial charge is 0.481 e. The summed E-state index contributed by atoms with van der Waals surface area (Å²) >= 11 is 0. The van der Waals surface area contributed by atoms with Crippen molar-refractivity contribution < 1.29 is 19.1 Å². The average Bonchev–Trinajstić information content (AvgIpc) is 2.90. The summed E-state index contributed by atoms with van der Waals surface area (Å²) in [7, 11) is 0. The number of aliphatic carboxylic acids is 1. The van der Waals surface area contributed by atoms with E-state index in [0.717, 1.165) is 11.4 Å². The molecule has 0 saturated heterocycles. The van der Waals surface area contributed by atoms with Gasteiger partial charge in [-0.15, -0.1) is 0 Å². The van der Waals surface area contributed by atoms with Gasteiger partial charge in [-0.2, -0.15) is 5.10 Å². The Morgan fingerprint density at radius 2 is 1.92 bits per heavy atom. The lowest BCUT2D eigenvalue weighted by molar-refractivity contribution is -0.140. The van der Waals surface area contributed by atoms with Gasteiger partial charge in [-0.05, 0) is 35.7 Å². The summed E-state index contributed by atoms with van der Waals surface area (Å²) in [4.78, 5) is 23.3. The lowest BCUT2D eigenvalue weighted by atomic mass is 10.1. The van der Waals surface area contributed by atoms with Crippen molar-refractivity contribution in [1.82, 2.24) is 15.1 Å². The fourth-order valence-electron chi connectivity index (χ4n) is 3.24. The van der Waals surface area contributed by atoms with Gasteiger partial charge < -0.3 is 10.4 Å². The second-order valence-corrected chi connectivity index (χ2v) is 6.88. The molecule has 7 heteroatoms. The molecule has 1 heterocycles. The maximum absolute atomic E-state index is 12.9. The number of aromatic nitrogens is 2. The SMILES string of the molecule is CC1(C)[C@H](C(=O)O)[C@@H]1C(=O)NCCc1ccn(-c2ccc(F)cc2)n1. The number of carboxylic acids is 1. The van der Waals surface area contributed by atoms with Crippen LogP contribution in [0.4, 0.5) is 4.39 Å². The standard InChI is InChI=1S/C18H20FN3O3/c1-18(2)14(15(18)17(24)25)16(23)20-9-7-12-8-10-22(21-12)13-5-3-11(19)4-6-13/h3-6,8,10,14-15H,7,9H2,1-2H3,(H,20,23)(H,24,25)/t14-,15+/m1/s1. The summed E-state index contributed by atoms with van der Waals surface area (Å²) < 4.78 is 14.6. The normalized spacial score (nSPS) is 20.9. The van der Waals surface area contributed by atoms with Crippen LogP contribution in [0.5, 0.6) is 0 Å². The highest BCUT2D eigenvalue weighted by Crippen LogP contribution is 2.58. The van der Waals surface area contributed by atoms with Crippen LogP contribution in [0.25, 0.3) is 5.69 Å². The minimum absolute atomic E-state index is 0.227. The summed E-state index contributed by atoms with van der Waals surface area (Å²) in [5.74, 6) is -2.56. The quantitative estimate of drug-likeness (QED) is 0.839. The summed E-state index contributed by atoms with van der Waals surface area (Å²) in [6.45, 7) is 3.97. The third-order valence-electron chi connectivity index (χ3n) is 4.79. The second kappa shape index (κ2) is 6.31. The molecule has 2 atom stereocenters. The molecule has 3 rings (SSSR count). The first-order valence-corrected chi connectivity index (χ1v) is 8.11. The highest BCUT2D eigenvalue weighted by Gasteiger charge is 2.65. The zero-order valence-electron chi connectivity index (χ0n) is 14.1. The Labute approximate surface area is 144 Å². The molecule has 132 valence electrons. The van der Waals surface area contributed by atoms with Crippen molar-refractivity contribution in [1.29, 1.82) is 0 Å². The summed E-state index contributed by atoms with van der Waals surface area (Å²) in [6, 6.07) is 7.83. The van der Waals surface area contributed by atoms with Crippen molar-refractivity contribution in [2.45, 2.75) is 20.3 Å². The van der Waals surface area contributed by atoms with Gasteiger partial charge in [0, 0.05) is 19.2 Å². The number of halogens is 1. The van der Waals surface area contributed by atoms with Gasteiger partial charge >= 0.3 is 5.97 Å². The fourth-order valence-corrected chi connectivity index (χ4v) is 3.24. The predicted molar refractivity (Wildman–Crippen MR) is 88.6 cm³/mol. The van der Waals surface area contributed by atoms with Crippen molar-refractivity contribution in [2.75, 3.05) is 6.54 Å². The smallest absolute Gasteiger partial charge is 0.307 e. The average molecular weight is 345 g/mol. The first-order chi connectivity index (χ1) is 11.8. The van der Waals surface area contributed by atoms with E-state index in [-0.39, 0.29) is 11.7 Å². The monoisotopic (exact) mass is 345 g/mol. The van der Waals surface area contributed by atoms with Crippen LogP contribution in [0.3, 0.4) is 0 Å². The number of hydrogen-bond donors (Lipinski definition) is 2. The number of amides is 1. The molecule has 1 aliphatic rings. The molecule has 1 aliphatic carbocycles. The number of carboxylic acid groups (broad SMARTS) is 1. The van der Waals surface area contributed by atoms with E-state index in [1.165, 1.54) is 12.1 Å². The minimum Gasteiger partial charge on any atom is -0.481 e. The summed E-state index contributed by atoms with van der Waals surface area (Å²) in [6.07, 6.45) is 2.31. The molecule has 25 heavy (non-hydrogen) atoms. The number of benzene rings is 1. The van der Waals surface area contributed by atoms with Crippen LogP contribution in [-0.4, -0.2) is 33.3 Å². The van der Waals surface area contributed by atoms with Crippen LogP contribution in [0.1, 0.15) is 19.5 Å². The number of carbonyl (C=O) groups is 2. The molecule has 6 nitrogen and oxygen atoms in total. The predicted octanol–water partition coefficient (Wildman–Crippen LogP) is 2.03. The number of nitrogens with zero attached hydrogens (tertiary/aromatic N) is 2. The molecule has 0 bridgehead atoms. The van der Waals surface area contributed by atoms with Gasteiger partial charge in [-0.25, -0.2) is 9.07 Å². The number of hydrogen-bond acceptors (Lipinski definition) is 3. The molecule has 0 radical (unpaired) electrons. The number of rotatable bonds is 6. The maximum Gasteiger partial charge on any atom is 0.307 e. The number of nitrogens with one attached hydrogen (secondary N) is 1. The molecule has 1 aromatic carbocycles. The Hall–Kier alpha value is -2.70. The maximum atomic E-state index is 12.9. The highest BCUT2D eigenvalue weighted by atomic mass is 19.1. The van der Waals surface area contributed by atoms with E-state index < -0.39 is 23.2 Å². The molecule has 0 aliphatic heterocycles. The summed E-state index contributed by atoms with van der Waals surface area (Å²) in [5.41, 5.74) is 1.04. The Kier molecular flexibility index (Phi) is 4.32. The molecular weight excluding hydrogens is 325 g/mol. The van der Waals surface area contributed by atoms with Crippen LogP contribution < -0.4 is 5.32 Å². The first-order valence-electron chi connectivity index (χ1n) is 8.11. The number of carbonyl (C=O) groups excluding carboxylic acids is 1. The van der Waals surface area contributed by atoms with Crippen molar-refractivity contribution in [2.24, 2.45) is 17.3 Å². The third-order valence-corrected chi connectivity index (χ3v) is 4.79. The molecule has 1 amide bonds. The molecule has 0 unspecified atom stereocenters. The second-order valence-electron chi connectivity index (χ2n) is 6.88. The summed E-state index contributed by atoms with van der Waals surface area (Å²) in [5, 5.41) is 16.3. The van der Waals surface area contributed by atoms with Crippen LogP contribution in [-0.2, 0) is 16.0 Å². The van der Waals surface area contributed by atoms with Gasteiger partial charge in [0.2, 0.25) is 5.91 Å². The Balaban J connectivity index is 1.52. The van der Waals surface area contributed by atoms with Gasteiger partial charge in [0.15, 0.2) is 0 Å². The van der Waals surface area contributed by atoms with Crippen LogP contribution >= 0.6 is 0 Å². The van der Waals surface area contributed by atoms with Crippen LogP contribution in [0.2, 0.25) is 0 Å². The Morgan fingerprint density at radius 1 is 1.24 bits per heavy atom. The van der Waals surface area contributed by atoms with E-state index in [9.17, 15) is 14.0 Å². The lowest BCUT2D eigenvalue weighted by Crippen LogP contribution is -2.29. The molecule has 1 fully saturated rings. The van der Waals surface area contributed by atoms with Crippen molar-refractivity contribution in [3.63, 3.8) is 0 Å². The van der Waals surface area contributed by atoms with Gasteiger partial charge in [0.1, 0.15) is 5.82 Å². The topological polar surface area (TPSA) is 84.2 Å². The van der Waals surface area contributed by atoms with Gasteiger partial charge in [0.25, 0.3) is 0 Å². The van der Waals surface area contributed by atoms with E-state index in [0.29, 0.717) is 13.0 Å². The van der Waals surface area contributed by atoms with Crippen LogP contribution in [0, 0.1) is 23.1 Å². The Morgan fingerprint density at radius 3 is 2.52 bits per heavy atom.